The molecule has 0 bridgehead atoms. The number of halogens is 1. The van der Waals surface area contributed by atoms with Crippen molar-refractivity contribution >= 4 is 16.0 Å². The highest BCUT2D eigenvalue weighted by Gasteiger charge is 2.20. The first-order chi connectivity index (χ1) is 12.9. The summed E-state index contributed by atoms with van der Waals surface area (Å²) in [7, 11) is -3.67. The van der Waals surface area contributed by atoms with Gasteiger partial charge >= 0.3 is 5.97 Å². The summed E-state index contributed by atoms with van der Waals surface area (Å²) in [6.45, 7) is 0.804. The molecule has 1 saturated heterocycles. The minimum absolute atomic E-state index is 0.0576. The number of rotatable bonds is 7. The Bertz CT molecular complexity index is 893. The van der Waals surface area contributed by atoms with Gasteiger partial charge in [0.1, 0.15) is 12.4 Å². The molecule has 2 aromatic rings. The van der Waals surface area contributed by atoms with E-state index in [9.17, 15) is 17.6 Å². The van der Waals surface area contributed by atoms with Crippen molar-refractivity contribution in [3.63, 3.8) is 0 Å². The van der Waals surface area contributed by atoms with Crippen molar-refractivity contribution in [2.45, 2.75) is 30.4 Å². The predicted octanol–water partition coefficient (Wildman–Crippen LogP) is 2.64. The van der Waals surface area contributed by atoms with E-state index < -0.39 is 21.8 Å². The summed E-state index contributed by atoms with van der Waals surface area (Å²) in [5.41, 5.74) is 0.741. The lowest BCUT2D eigenvalue weighted by Crippen LogP contribution is -2.31. The molecule has 2 aromatic carbocycles. The molecule has 0 aliphatic carbocycles. The van der Waals surface area contributed by atoms with E-state index in [-0.39, 0.29) is 29.7 Å². The van der Waals surface area contributed by atoms with Gasteiger partial charge in [-0.25, -0.2) is 22.3 Å². The molecular weight excluding hydrogens is 373 g/mol. The minimum Gasteiger partial charge on any atom is -0.457 e. The van der Waals surface area contributed by atoms with Crippen molar-refractivity contribution in [3.8, 4) is 0 Å². The molecule has 8 heteroatoms. The molecule has 27 heavy (non-hydrogen) atoms. The van der Waals surface area contributed by atoms with Crippen molar-refractivity contribution in [3.05, 3.63) is 65.5 Å². The molecule has 0 radical (unpaired) electrons. The van der Waals surface area contributed by atoms with Gasteiger partial charge in [0, 0.05) is 13.2 Å². The number of hydrogen-bond donors (Lipinski definition) is 1. The Morgan fingerprint density at radius 1 is 1.22 bits per heavy atom. The molecule has 3 rings (SSSR count). The molecule has 1 atom stereocenters. The van der Waals surface area contributed by atoms with Gasteiger partial charge < -0.3 is 9.47 Å². The van der Waals surface area contributed by atoms with Gasteiger partial charge in [0.2, 0.25) is 10.0 Å². The number of nitrogens with one attached hydrogen (secondary N) is 1. The average Bonchev–Trinajstić information content (AvgIpc) is 3.18. The fourth-order valence-corrected chi connectivity index (χ4v) is 3.79. The zero-order chi connectivity index (χ0) is 19.3. The van der Waals surface area contributed by atoms with Gasteiger partial charge in [-0.2, -0.15) is 0 Å². The van der Waals surface area contributed by atoms with Gasteiger partial charge in [-0.1, -0.05) is 12.1 Å². The van der Waals surface area contributed by atoms with Crippen LogP contribution in [0.15, 0.2) is 53.4 Å². The summed E-state index contributed by atoms with van der Waals surface area (Å²) in [4.78, 5) is 12.1. The van der Waals surface area contributed by atoms with Gasteiger partial charge in [0.05, 0.1) is 16.6 Å². The second kappa shape index (κ2) is 8.60. The van der Waals surface area contributed by atoms with Crippen LogP contribution in [0.4, 0.5) is 4.39 Å². The van der Waals surface area contributed by atoms with E-state index in [0.29, 0.717) is 12.2 Å². The zero-order valence-electron chi connectivity index (χ0n) is 14.6. The molecule has 1 heterocycles. The summed E-state index contributed by atoms with van der Waals surface area (Å²) >= 11 is 0. The second-order valence-electron chi connectivity index (χ2n) is 6.22. The van der Waals surface area contributed by atoms with Crippen LogP contribution in [0.3, 0.4) is 0 Å². The topological polar surface area (TPSA) is 81.7 Å². The van der Waals surface area contributed by atoms with Crippen molar-refractivity contribution in [2.75, 3.05) is 13.2 Å². The molecule has 0 aromatic heterocycles. The Morgan fingerprint density at radius 3 is 2.67 bits per heavy atom. The Morgan fingerprint density at radius 2 is 2.00 bits per heavy atom. The first kappa shape index (κ1) is 19.5. The standard InChI is InChI=1S/C19H20FNO5S/c20-16-4-1-3-14(11-16)13-26-19(22)15-6-8-18(9-7-15)27(23,24)21-12-17-5-2-10-25-17/h1,3-4,6-9,11,17,21H,2,5,10,12-13H2. The third kappa shape index (κ3) is 5.35. The lowest BCUT2D eigenvalue weighted by Gasteiger charge is -2.11. The Hall–Kier alpha value is -2.29. The maximum Gasteiger partial charge on any atom is 0.338 e. The maximum atomic E-state index is 13.1. The van der Waals surface area contributed by atoms with Crippen LogP contribution in [0.2, 0.25) is 0 Å². The molecule has 1 unspecified atom stereocenters. The maximum absolute atomic E-state index is 13.1. The van der Waals surface area contributed by atoms with Crippen LogP contribution in [0.1, 0.15) is 28.8 Å². The number of hydrogen-bond acceptors (Lipinski definition) is 5. The molecule has 0 spiro atoms. The molecular formula is C19H20FNO5S. The Labute approximate surface area is 157 Å². The Kier molecular flexibility index (Phi) is 6.20. The van der Waals surface area contributed by atoms with Gasteiger partial charge in [-0.15, -0.1) is 0 Å². The first-order valence-corrected chi connectivity index (χ1v) is 10.1. The summed E-state index contributed by atoms with van der Waals surface area (Å²) in [6, 6.07) is 11.2. The van der Waals surface area contributed by atoms with Gasteiger partial charge in [-0.05, 0) is 54.8 Å². The summed E-state index contributed by atoms with van der Waals surface area (Å²) in [5.74, 6) is -1.02. The highest BCUT2D eigenvalue weighted by molar-refractivity contribution is 7.89. The third-order valence-corrected chi connectivity index (χ3v) is 5.62. The quantitative estimate of drug-likeness (QED) is 0.732. The van der Waals surface area contributed by atoms with E-state index in [1.807, 2.05) is 0 Å². The van der Waals surface area contributed by atoms with E-state index in [1.54, 1.807) is 6.07 Å². The third-order valence-electron chi connectivity index (χ3n) is 4.18. The number of carbonyl (C=O) groups excluding carboxylic acids is 1. The van der Waals surface area contributed by atoms with Crippen LogP contribution < -0.4 is 4.72 Å². The largest absolute Gasteiger partial charge is 0.457 e. The first-order valence-electron chi connectivity index (χ1n) is 8.57. The SMILES string of the molecule is O=C(OCc1cccc(F)c1)c1ccc(S(=O)(=O)NCC2CCCO2)cc1. The molecule has 1 aliphatic heterocycles. The van der Waals surface area contributed by atoms with Crippen LogP contribution in [-0.4, -0.2) is 33.6 Å². The van der Waals surface area contributed by atoms with Crippen molar-refractivity contribution in [1.29, 1.82) is 0 Å². The van der Waals surface area contributed by atoms with E-state index in [1.165, 1.54) is 42.5 Å². The monoisotopic (exact) mass is 393 g/mol. The number of carbonyl (C=O) groups is 1. The van der Waals surface area contributed by atoms with Crippen LogP contribution in [0.25, 0.3) is 0 Å². The number of ether oxygens (including phenoxy) is 2. The Balaban J connectivity index is 1.57. The molecule has 1 N–H and O–H groups in total. The fraction of sp³-hybridized carbons (Fsp3) is 0.316. The molecule has 144 valence electrons. The van der Waals surface area contributed by atoms with Crippen molar-refractivity contribution in [1.82, 2.24) is 4.72 Å². The van der Waals surface area contributed by atoms with Crippen LogP contribution in [-0.2, 0) is 26.1 Å². The van der Waals surface area contributed by atoms with Gasteiger partial charge in [-0.3, -0.25) is 0 Å². The minimum atomic E-state index is -3.67. The van der Waals surface area contributed by atoms with Crippen molar-refractivity contribution in [2.24, 2.45) is 0 Å². The highest BCUT2D eigenvalue weighted by Crippen LogP contribution is 2.15. The molecule has 1 fully saturated rings. The van der Waals surface area contributed by atoms with Crippen molar-refractivity contribution < 1.29 is 27.1 Å². The molecule has 1 aliphatic rings. The average molecular weight is 393 g/mol. The predicted molar refractivity (Wildman–Crippen MR) is 96.1 cm³/mol. The van der Waals surface area contributed by atoms with E-state index >= 15 is 0 Å². The second-order valence-corrected chi connectivity index (χ2v) is 7.98. The van der Waals surface area contributed by atoms with Gasteiger partial charge in [0.15, 0.2) is 0 Å². The summed E-state index contributed by atoms with van der Waals surface area (Å²) in [6.07, 6.45) is 1.66. The lowest BCUT2D eigenvalue weighted by atomic mass is 10.2. The zero-order valence-corrected chi connectivity index (χ0v) is 15.4. The van der Waals surface area contributed by atoms with Crippen LogP contribution in [0.5, 0.6) is 0 Å². The normalized spacial score (nSPS) is 17.0. The van der Waals surface area contributed by atoms with E-state index in [4.69, 9.17) is 9.47 Å². The van der Waals surface area contributed by atoms with E-state index in [2.05, 4.69) is 4.72 Å². The summed E-state index contributed by atoms with van der Waals surface area (Å²) < 4.78 is 50.7. The van der Waals surface area contributed by atoms with Crippen LogP contribution in [0, 0.1) is 5.82 Å². The molecule has 6 nitrogen and oxygen atoms in total. The van der Waals surface area contributed by atoms with Crippen LogP contribution >= 0.6 is 0 Å². The number of esters is 1. The summed E-state index contributed by atoms with van der Waals surface area (Å²) in [5, 5.41) is 0. The van der Waals surface area contributed by atoms with E-state index in [0.717, 1.165) is 12.8 Å². The molecule has 0 saturated carbocycles. The van der Waals surface area contributed by atoms with Gasteiger partial charge in [0.25, 0.3) is 0 Å². The highest BCUT2D eigenvalue weighted by atomic mass is 32.2. The number of benzene rings is 2. The molecule has 0 amide bonds. The number of sulfonamides is 1. The fourth-order valence-electron chi connectivity index (χ4n) is 2.72. The smallest absolute Gasteiger partial charge is 0.338 e. The lowest BCUT2D eigenvalue weighted by molar-refractivity contribution is 0.0472.